The minimum absolute atomic E-state index is 0.00446. The average Bonchev–Trinajstić information content (AvgIpc) is 2.75. The molecule has 4 nitrogen and oxygen atoms in total. The molecule has 1 amide bonds. The van der Waals surface area contributed by atoms with Gasteiger partial charge in [-0.15, -0.1) is 0 Å². The number of carbonyl (C=O) groups excluding carboxylic acids is 1. The zero-order valence-electron chi connectivity index (χ0n) is 13.1. The van der Waals surface area contributed by atoms with Crippen LogP contribution in [0, 0.1) is 6.92 Å². The number of hydrogen-bond acceptors (Lipinski definition) is 2. The Kier molecular flexibility index (Phi) is 5.50. The van der Waals surface area contributed by atoms with Gasteiger partial charge in [0.25, 0.3) is 0 Å². The largest absolute Gasteiger partial charge is 0.300 e. The van der Waals surface area contributed by atoms with Crippen molar-refractivity contribution in [2.75, 3.05) is 11.9 Å². The summed E-state index contributed by atoms with van der Waals surface area (Å²) in [7, 11) is 3.62. The molecule has 108 valence electrons. The summed E-state index contributed by atoms with van der Waals surface area (Å²) in [6.07, 6.45) is 0. The summed E-state index contributed by atoms with van der Waals surface area (Å²) >= 11 is 0. The first-order valence-corrected chi connectivity index (χ1v) is 6.85. The SMILES string of the molecule is CC.CC(=O)N(C)c1c(-c2ccccc2)c(C)nn1C. The highest BCUT2D eigenvalue weighted by Gasteiger charge is 2.20. The molecule has 4 heteroatoms. The van der Waals surface area contributed by atoms with Crippen LogP contribution in [0.4, 0.5) is 5.82 Å². The number of carbonyl (C=O) groups is 1. The fraction of sp³-hybridized carbons (Fsp3) is 0.375. The monoisotopic (exact) mass is 273 g/mol. The van der Waals surface area contributed by atoms with Crippen LogP contribution in [0.5, 0.6) is 0 Å². The van der Waals surface area contributed by atoms with Crippen molar-refractivity contribution >= 4 is 11.7 Å². The Balaban J connectivity index is 0.000000956. The van der Waals surface area contributed by atoms with Gasteiger partial charge < -0.3 is 0 Å². The second-order valence-corrected chi connectivity index (χ2v) is 4.35. The van der Waals surface area contributed by atoms with Crippen LogP contribution in [0.1, 0.15) is 26.5 Å². The van der Waals surface area contributed by atoms with E-state index in [9.17, 15) is 4.79 Å². The Labute approximate surface area is 121 Å². The third kappa shape index (κ3) is 3.07. The minimum Gasteiger partial charge on any atom is -0.300 e. The normalized spacial score (nSPS) is 9.70. The number of nitrogens with zero attached hydrogens (tertiary/aromatic N) is 3. The van der Waals surface area contributed by atoms with Gasteiger partial charge in [0, 0.05) is 26.6 Å². The van der Waals surface area contributed by atoms with Gasteiger partial charge in [-0.1, -0.05) is 44.2 Å². The van der Waals surface area contributed by atoms with Gasteiger partial charge in [-0.2, -0.15) is 5.10 Å². The fourth-order valence-corrected chi connectivity index (χ4v) is 2.12. The summed E-state index contributed by atoms with van der Waals surface area (Å²) < 4.78 is 1.75. The number of hydrogen-bond donors (Lipinski definition) is 0. The highest BCUT2D eigenvalue weighted by molar-refractivity contribution is 5.95. The average molecular weight is 273 g/mol. The third-order valence-corrected chi connectivity index (χ3v) is 3.04. The highest BCUT2D eigenvalue weighted by atomic mass is 16.2. The first kappa shape index (κ1) is 16.0. The summed E-state index contributed by atoms with van der Waals surface area (Å²) in [5, 5.41) is 4.41. The summed E-state index contributed by atoms with van der Waals surface area (Å²) in [6, 6.07) is 10.0. The Bertz CT molecular complexity index is 573. The second kappa shape index (κ2) is 6.89. The van der Waals surface area contributed by atoms with Crippen LogP contribution in [0.15, 0.2) is 30.3 Å². The van der Waals surface area contributed by atoms with Crippen LogP contribution < -0.4 is 4.90 Å². The van der Waals surface area contributed by atoms with Crippen molar-refractivity contribution in [2.24, 2.45) is 7.05 Å². The van der Waals surface area contributed by atoms with Crippen molar-refractivity contribution in [2.45, 2.75) is 27.7 Å². The molecule has 0 saturated carbocycles. The predicted molar refractivity (Wildman–Crippen MR) is 83.8 cm³/mol. The molecule has 0 unspecified atom stereocenters. The first-order valence-electron chi connectivity index (χ1n) is 6.85. The molecule has 0 N–H and O–H groups in total. The fourth-order valence-electron chi connectivity index (χ4n) is 2.12. The van der Waals surface area contributed by atoms with E-state index in [0.29, 0.717) is 0 Å². The lowest BCUT2D eigenvalue weighted by atomic mass is 10.1. The zero-order chi connectivity index (χ0) is 15.3. The summed E-state index contributed by atoms with van der Waals surface area (Å²) in [4.78, 5) is 13.2. The molecule has 0 saturated heterocycles. The summed E-state index contributed by atoms with van der Waals surface area (Å²) in [5.74, 6) is 0.821. The number of aryl methyl sites for hydroxylation is 2. The molecule has 1 heterocycles. The van der Waals surface area contributed by atoms with Gasteiger partial charge >= 0.3 is 0 Å². The summed E-state index contributed by atoms with van der Waals surface area (Å²) in [5.41, 5.74) is 3.01. The van der Waals surface area contributed by atoms with Gasteiger partial charge in [0.15, 0.2) is 0 Å². The van der Waals surface area contributed by atoms with Crippen molar-refractivity contribution in [3.8, 4) is 11.1 Å². The second-order valence-electron chi connectivity index (χ2n) is 4.35. The molecule has 1 aromatic carbocycles. The lowest BCUT2D eigenvalue weighted by Crippen LogP contribution is -2.25. The maximum Gasteiger partial charge on any atom is 0.224 e. The molecule has 0 radical (unpaired) electrons. The maximum absolute atomic E-state index is 11.6. The molecule has 0 fully saturated rings. The maximum atomic E-state index is 11.6. The molecular formula is C16H23N3O. The van der Waals surface area contributed by atoms with Gasteiger partial charge in [-0.25, -0.2) is 0 Å². The molecule has 2 aromatic rings. The molecule has 0 spiro atoms. The van der Waals surface area contributed by atoms with Crippen LogP contribution in [0.3, 0.4) is 0 Å². The Morgan fingerprint density at radius 1 is 1.20 bits per heavy atom. The van der Waals surface area contributed by atoms with Gasteiger partial charge in [0.1, 0.15) is 5.82 Å². The van der Waals surface area contributed by atoms with Crippen molar-refractivity contribution in [1.29, 1.82) is 0 Å². The van der Waals surface area contributed by atoms with E-state index in [2.05, 4.69) is 5.10 Å². The smallest absolute Gasteiger partial charge is 0.224 e. The standard InChI is InChI=1S/C14H17N3O.C2H6/c1-10-13(12-8-6-5-7-9-12)14(17(4)15-10)16(3)11(2)18;1-2/h5-9H,1-4H3;1-2H3. The molecule has 0 bridgehead atoms. The number of amides is 1. The third-order valence-electron chi connectivity index (χ3n) is 3.04. The van der Waals surface area contributed by atoms with E-state index in [1.54, 1.807) is 23.6 Å². The molecule has 1 aromatic heterocycles. The van der Waals surface area contributed by atoms with Crippen LogP contribution in [-0.4, -0.2) is 22.7 Å². The van der Waals surface area contributed by atoms with E-state index in [1.165, 1.54) is 0 Å². The lowest BCUT2D eigenvalue weighted by Gasteiger charge is -2.17. The number of anilines is 1. The van der Waals surface area contributed by atoms with Gasteiger partial charge in [-0.05, 0) is 12.5 Å². The first-order chi connectivity index (χ1) is 9.52. The van der Waals surface area contributed by atoms with E-state index in [-0.39, 0.29) is 5.91 Å². The molecule has 0 atom stereocenters. The van der Waals surface area contributed by atoms with Crippen LogP contribution >= 0.6 is 0 Å². The van der Waals surface area contributed by atoms with E-state index in [4.69, 9.17) is 0 Å². The van der Waals surface area contributed by atoms with E-state index < -0.39 is 0 Å². The molecule has 2 rings (SSSR count). The van der Waals surface area contributed by atoms with E-state index >= 15 is 0 Å². The highest BCUT2D eigenvalue weighted by Crippen LogP contribution is 2.32. The minimum atomic E-state index is -0.00446. The van der Waals surface area contributed by atoms with Gasteiger partial charge in [0.05, 0.1) is 5.69 Å². The molecule has 20 heavy (non-hydrogen) atoms. The number of benzene rings is 1. The quantitative estimate of drug-likeness (QED) is 0.841. The van der Waals surface area contributed by atoms with Crippen molar-refractivity contribution in [3.05, 3.63) is 36.0 Å². The van der Waals surface area contributed by atoms with E-state index in [0.717, 1.165) is 22.6 Å². The molecule has 0 aliphatic heterocycles. The Morgan fingerprint density at radius 2 is 1.75 bits per heavy atom. The molecule has 0 aliphatic rings. The molecular weight excluding hydrogens is 250 g/mol. The van der Waals surface area contributed by atoms with Crippen molar-refractivity contribution < 1.29 is 4.79 Å². The van der Waals surface area contributed by atoms with Crippen molar-refractivity contribution in [3.63, 3.8) is 0 Å². The Hall–Kier alpha value is -2.10. The lowest BCUT2D eigenvalue weighted by molar-refractivity contribution is -0.116. The van der Waals surface area contributed by atoms with Gasteiger partial charge in [0.2, 0.25) is 5.91 Å². The topological polar surface area (TPSA) is 38.1 Å². The van der Waals surface area contributed by atoms with Gasteiger partial charge in [-0.3, -0.25) is 14.4 Å². The van der Waals surface area contributed by atoms with Crippen LogP contribution in [-0.2, 0) is 11.8 Å². The van der Waals surface area contributed by atoms with Crippen molar-refractivity contribution in [1.82, 2.24) is 9.78 Å². The van der Waals surface area contributed by atoms with Crippen LogP contribution in [0.2, 0.25) is 0 Å². The summed E-state index contributed by atoms with van der Waals surface area (Å²) in [6.45, 7) is 7.51. The Morgan fingerprint density at radius 3 is 2.25 bits per heavy atom. The zero-order valence-corrected chi connectivity index (χ0v) is 13.1. The number of aromatic nitrogens is 2. The van der Waals surface area contributed by atoms with Crippen LogP contribution in [0.25, 0.3) is 11.1 Å². The predicted octanol–water partition coefficient (Wildman–Crippen LogP) is 3.40. The number of rotatable bonds is 2. The van der Waals surface area contributed by atoms with E-state index in [1.807, 2.05) is 58.2 Å². The molecule has 0 aliphatic carbocycles.